The van der Waals surface area contributed by atoms with E-state index in [1.165, 1.54) is 0 Å². The molecule has 1 saturated heterocycles. The molecule has 1 aliphatic heterocycles. The van der Waals surface area contributed by atoms with Crippen molar-refractivity contribution in [2.75, 3.05) is 18.4 Å². The summed E-state index contributed by atoms with van der Waals surface area (Å²) in [4.78, 5) is 14.6. The number of carbonyl (C=O) groups is 1. The highest BCUT2D eigenvalue weighted by molar-refractivity contribution is 5.92. The number of anilines is 1. The van der Waals surface area contributed by atoms with Crippen LogP contribution < -0.4 is 5.32 Å². The Bertz CT molecular complexity index is 1010. The highest BCUT2D eigenvalue weighted by Crippen LogP contribution is 2.20. The molecule has 3 aromatic rings. The molecule has 2 aromatic carbocycles. The van der Waals surface area contributed by atoms with Crippen molar-refractivity contribution in [2.24, 2.45) is 0 Å². The average molecular weight is 386 g/mol. The van der Waals surface area contributed by atoms with Crippen molar-refractivity contribution < 1.29 is 4.79 Å². The molecule has 1 aromatic heterocycles. The summed E-state index contributed by atoms with van der Waals surface area (Å²) in [6.45, 7) is 5.51. The molecule has 2 heterocycles. The summed E-state index contributed by atoms with van der Waals surface area (Å²) in [6, 6.07) is 20.5. The number of rotatable bonds is 5. The van der Waals surface area contributed by atoms with Crippen LogP contribution >= 0.6 is 0 Å². The molecule has 0 bridgehead atoms. The molecule has 0 spiro atoms. The van der Waals surface area contributed by atoms with Crippen LogP contribution in [-0.2, 0) is 4.79 Å². The Hall–Kier alpha value is -3.34. The third-order valence-electron chi connectivity index (χ3n) is 5.39. The predicted molar refractivity (Wildman–Crippen MR) is 117 cm³/mol. The molecule has 1 fully saturated rings. The maximum atomic E-state index is 12.7. The summed E-state index contributed by atoms with van der Waals surface area (Å²) in [6.07, 6.45) is 4.53. The first kappa shape index (κ1) is 19.0. The Balaban J connectivity index is 1.42. The van der Waals surface area contributed by atoms with Crippen molar-refractivity contribution >= 4 is 17.7 Å². The van der Waals surface area contributed by atoms with Gasteiger partial charge in [0.2, 0.25) is 5.91 Å². The number of hydrogen-bond acceptors (Lipinski definition) is 3. The van der Waals surface area contributed by atoms with Crippen LogP contribution in [0.2, 0.25) is 0 Å². The Morgan fingerprint density at radius 2 is 1.76 bits per heavy atom. The van der Waals surface area contributed by atoms with Gasteiger partial charge in [-0.1, -0.05) is 36.4 Å². The third-order valence-corrected chi connectivity index (χ3v) is 5.39. The molecular formula is C24H26N4O. The molecule has 29 heavy (non-hydrogen) atoms. The van der Waals surface area contributed by atoms with Gasteiger partial charge >= 0.3 is 0 Å². The van der Waals surface area contributed by atoms with E-state index in [4.69, 9.17) is 0 Å². The lowest BCUT2D eigenvalue weighted by atomic mass is 10.2. The number of carbonyl (C=O) groups excluding carboxylic acids is 1. The minimum Gasteiger partial charge on any atom is -0.380 e. The van der Waals surface area contributed by atoms with Crippen LogP contribution in [0, 0.1) is 13.8 Å². The SMILES string of the molecule is Cc1nn(-c2ccccc2)c(C)c1/C=C/C(=O)N1CCC(Nc2ccccc2)C1. The summed E-state index contributed by atoms with van der Waals surface area (Å²) in [5, 5.41) is 8.15. The molecular weight excluding hydrogens is 360 g/mol. The zero-order valence-corrected chi connectivity index (χ0v) is 16.9. The first-order valence-electron chi connectivity index (χ1n) is 10.0. The van der Waals surface area contributed by atoms with Crippen molar-refractivity contribution in [2.45, 2.75) is 26.3 Å². The molecule has 5 heteroatoms. The van der Waals surface area contributed by atoms with Crippen LogP contribution in [0.5, 0.6) is 0 Å². The topological polar surface area (TPSA) is 50.2 Å². The van der Waals surface area contributed by atoms with Crippen molar-refractivity contribution in [3.05, 3.63) is 83.7 Å². The third kappa shape index (κ3) is 4.24. The fraction of sp³-hybridized carbons (Fsp3) is 0.250. The molecule has 148 valence electrons. The Morgan fingerprint density at radius 3 is 2.48 bits per heavy atom. The number of nitrogens with zero attached hydrogens (tertiary/aromatic N) is 3. The smallest absolute Gasteiger partial charge is 0.246 e. The molecule has 5 nitrogen and oxygen atoms in total. The van der Waals surface area contributed by atoms with E-state index in [0.717, 1.165) is 47.8 Å². The Labute approximate surface area is 171 Å². The van der Waals surface area contributed by atoms with E-state index >= 15 is 0 Å². The van der Waals surface area contributed by atoms with Gasteiger partial charge in [-0.05, 0) is 50.6 Å². The van der Waals surface area contributed by atoms with Crippen molar-refractivity contribution in [1.82, 2.24) is 14.7 Å². The number of amides is 1. The second-order valence-electron chi connectivity index (χ2n) is 7.45. The van der Waals surface area contributed by atoms with Crippen molar-refractivity contribution in [3.8, 4) is 5.69 Å². The minimum absolute atomic E-state index is 0.0497. The molecule has 1 aliphatic rings. The number of benzene rings is 2. The van der Waals surface area contributed by atoms with E-state index < -0.39 is 0 Å². The number of nitrogens with one attached hydrogen (secondary N) is 1. The van der Waals surface area contributed by atoms with Gasteiger partial charge in [0.1, 0.15) is 0 Å². The highest BCUT2D eigenvalue weighted by Gasteiger charge is 2.25. The van der Waals surface area contributed by atoms with Gasteiger partial charge in [0.05, 0.1) is 11.4 Å². The van der Waals surface area contributed by atoms with Crippen LogP contribution in [0.4, 0.5) is 5.69 Å². The second-order valence-corrected chi connectivity index (χ2v) is 7.45. The van der Waals surface area contributed by atoms with Gasteiger partial charge in [-0.15, -0.1) is 0 Å². The minimum atomic E-state index is 0.0497. The van der Waals surface area contributed by atoms with Crippen LogP contribution in [0.3, 0.4) is 0 Å². The zero-order valence-electron chi connectivity index (χ0n) is 16.9. The van der Waals surface area contributed by atoms with Gasteiger partial charge in [0, 0.05) is 42.2 Å². The van der Waals surface area contributed by atoms with E-state index in [-0.39, 0.29) is 5.91 Å². The standard InChI is InChI=1S/C24H26N4O/c1-18-23(19(2)28(26-18)22-11-7-4-8-12-22)13-14-24(29)27-16-15-21(17-27)25-20-9-5-3-6-10-20/h3-14,21,25H,15-17H2,1-2H3/b14-13+. The quantitative estimate of drug-likeness (QED) is 0.668. The Kier molecular flexibility index (Phi) is 5.47. The number of hydrogen-bond donors (Lipinski definition) is 1. The number of para-hydroxylation sites is 2. The van der Waals surface area contributed by atoms with Gasteiger partial charge in [-0.2, -0.15) is 5.10 Å². The number of likely N-dealkylation sites (tertiary alicyclic amines) is 1. The van der Waals surface area contributed by atoms with Crippen LogP contribution in [0.1, 0.15) is 23.4 Å². The molecule has 0 saturated carbocycles. The number of aryl methyl sites for hydroxylation is 1. The molecule has 1 atom stereocenters. The molecule has 1 N–H and O–H groups in total. The summed E-state index contributed by atoms with van der Waals surface area (Å²) >= 11 is 0. The van der Waals surface area contributed by atoms with E-state index in [1.807, 2.05) is 78.0 Å². The van der Waals surface area contributed by atoms with E-state index in [0.29, 0.717) is 6.04 Å². The summed E-state index contributed by atoms with van der Waals surface area (Å²) < 4.78 is 1.93. The summed E-state index contributed by atoms with van der Waals surface area (Å²) in [7, 11) is 0. The monoisotopic (exact) mass is 386 g/mol. The van der Waals surface area contributed by atoms with Crippen molar-refractivity contribution in [3.63, 3.8) is 0 Å². The van der Waals surface area contributed by atoms with Gasteiger partial charge in [-0.3, -0.25) is 4.79 Å². The average Bonchev–Trinajstić information content (AvgIpc) is 3.32. The lowest BCUT2D eigenvalue weighted by molar-refractivity contribution is -0.124. The van der Waals surface area contributed by atoms with Gasteiger partial charge < -0.3 is 10.2 Å². The van der Waals surface area contributed by atoms with Gasteiger partial charge in [0.15, 0.2) is 0 Å². The molecule has 1 amide bonds. The van der Waals surface area contributed by atoms with E-state index in [1.54, 1.807) is 6.08 Å². The summed E-state index contributed by atoms with van der Waals surface area (Å²) in [5.41, 5.74) is 5.07. The number of aromatic nitrogens is 2. The van der Waals surface area contributed by atoms with Gasteiger partial charge in [0.25, 0.3) is 0 Å². The first-order valence-corrected chi connectivity index (χ1v) is 10.0. The van der Waals surface area contributed by atoms with Crippen molar-refractivity contribution in [1.29, 1.82) is 0 Å². The molecule has 4 rings (SSSR count). The normalized spacial score (nSPS) is 16.5. The van der Waals surface area contributed by atoms with Crippen LogP contribution in [0.25, 0.3) is 11.8 Å². The fourth-order valence-electron chi connectivity index (χ4n) is 3.82. The molecule has 1 unspecified atom stereocenters. The predicted octanol–water partition coefficient (Wildman–Crippen LogP) is 4.22. The maximum absolute atomic E-state index is 12.7. The zero-order chi connectivity index (χ0) is 20.2. The lowest BCUT2D eigenvalue weighted by Gasteiger charge is -2.16. The molecule has 0 radical (unpaired) electrons. The largest absolute Gasteiger partial charge is 0.380 e. The Morgan fingerprint density at radius 1 is 1.07 bits per heavy atom. The van der Waals surface area contributed by atoms with E-state index in [2.05, 4.69) is 22.5 Å². The lowest BCUT2D eigenvalue weighted by Crippen LogP contribution is -2.30. The maximum Gasteiger partial charge on any atom is 0.246 e. The van der Waals surface area contributed by atoms with Gasteiger partial charge in [-0.25, -0.2) is 4.68 Å². The highest BCUT2D eigenvalue weighted by atomic mass is 16.2. The second kappa shape index (κ2) is 8.35. The molecule has 0 aliphatic carbocycles. The fourth-order valence-corrected chi connectivity index (χ4v) is 3.82. The van der Waals surface area contributed by atoms with E-state index in [9.17, 15) is 4.79 Å². The van der Waals surface area contributed by atoms with Crippen LogP contribution in [0.15, 0.2) is 66.7 Å². The first-order chi connectivity index (χ1) is 14.1. The van der Waals surface area contributed by atoms with Crippen LogP contribution in [-0.4, -0.2) is 39.7 Å². The summed E-state index contributed by atoms with van der Waals surface area (Å²) in [5.74, 6) is 0.0497.